The van der Waals surface area contributed by atoms with Crippen LogP contribution < -0.4 is 20.1 Å². The molecule has 0 spiro atoms. The minimum atomic E-state index is -0.565. The molecule has 0 radical (unpaired) electrons. The average molecular weight is 549 g/mol. The second-order valence-corrected chi connectivity index (χ2v) is 9.56. The van der Waals surface area contributed by atoms with Crippen LogP contribution in [0.1, 0.15) is 29.9 Å². The van der Waals surface area contributed by atoms with Gasteiger partial charge in [-0.25, -0.2) is 4.79 Å². The van der Waals surface area contributed by atoms with Crippen molar-refractivity contribution in [2.75, 3.05) is 19.5 Å². The summed E-state index contributed by atoms with van der Waals surface area (Å²) in [6.45, 7) is 3.82. The average Bonchev–Trinajstić information content (AvgIpc) is 3.36. The zero-order valence-corrected chi connectivity index (χ0v) is 22.7. The Morgan fingerprint density at radius 1 is 1.08 bits per heavy atom. The van der Waals surface area contributed by atoms with Gasteiger partial charge in [-0.05, 0) is 43.7 Å². The van der Waals surface area contributed by atoms with Gasteiger partial charge in [-0.3, -0.25) is 14.7 Å². The molecule has 1 unspecified atom stereocenters. The van der Waals surface area contributed by atoms with Gasteiger partial charge in [-0.15, -0.1) is 10.2 Å². The largest absolute Gasteiger partial charge is 0.497 e. The molecule has 1 heterocycles. The molecule has 1 atom stereocenters. The summed E-state index contributed by atoms with van der Waals surface area (Å²) in [5.41, 5.74) is 3.36. The van der Waals surface area contributed by atoms with Crippen molar-refractivity contribution >= 4 is 29.2 Å². The molecule has 3 aromatic carbocycles. The molecule has 4 rings (SSSR count). The second kappa shape index (κ2) is 12.3. The van der Waals surface area contributed by atoms with E-state index in [1.807, 2.05) is 25.1 Å². The highest BCUT2D eigenvalue weighted by molar-refractivity contribution is 7.98. The number of carbonyl (C=O) groups excluding carboxylic acids is 1. The number of hydrogen-bond acceptors (Lipinski definition) is 8. The topological polar surface area (TPSA) is 133 Å². The zero-order valence-electron chi connectivity index (χ0n) is 21.9. The van der Waals surface area contributed by atoms with Crippen molar-refractivity contribution in [1.29, 1.82) is 0 Å². The Morgan fingerprint density at radius 2 is 1.85 bits per heavy atom. The minimum absolute atomic E-state index is 0.0265. The normalized spacial score (nSPS) is 11.5. The lowest BCUT2D eigenvalue weighted by Crippen LogP contribution is -2.32. The van der Waals surface area contributed by atoms with Crippen molar-refractivity contribution in [1.82, 2.24) is 20.1 Å². The number of non-ortho nitro benzene ring substituents is 1. The maximum atomic E-state index is 12.9. The van der Waals surface area contributed by atoms with Crippen molar-refractivity contribution in [2.24, 2.45) is 0 Å². The third-order valence-electron chi connectivity index (χ3n) is 5.82. The molecular formula is C27H28N6O5S. The van der Waals surface area contributed by atoms with E-state index >= 15 is 0 Å². The summed E-state index contributed by atoms with van der Waals surface area (Å²) in [6, 6.07) is 18.3. The monoisotopic (exact) mass is 548 g/mol. The molecule has 0 aliphatic heterocycles. The van der Waals surface area contributed by atoms with E-state index in [0.29, 0.717) is 39.6 Å². The van der Waals surface area contributed by atoms with Crippen LogP contribution in [0.25, 0.3) is 5.69 Å². The third-order valence-corrected chi connectivity index (χ3v) is 6.82. The molecule has 11 nitrogen and oxygen atoms in total. The number of ether oxygens (including phenoxy) is 2. The Morgan fingerprint density at radius 3 is 2.51 bits per heavy atom. The van der Waals surface area contributed by atoms with Gasteiger partial charge in [0.1, 0.15) is 11.5 Å². The number of nitrogens with zero attached hydrogens (tertiary/aromatic N) is 4. The molecule has 0 saturated heterocycles. The van der Waals surface area contributed by atoms with Crippen LogP contribution >= 0.6 is 11.8 Å². The van der Waals surface area contributed by atoms with E-state index < -0.39 is 17.0 Å². The lowest BCUT2D eigenvalue weighted by Gasteiger charge is -2.17. The summed E-state index contributed by atoms with van der Waals surface area (Å²) >= 11 is 1.48. The number of amides is 2. The van der Waals surface area contributed by atoms with Gasteiger partial charge in [-0.2, -0.15) is 0 Å². The predicted octanol–water partition coefficient (Wildman–Crippen LogP) is 5.68. The minimum Gasteiger partial charge on any atom is -0.497 e. The fourth-order valence-corrected chi connectivity index (χ4v) is 4.79. The lowest BCUT2D eigenvalue weighted by molar-refractivity contribution is -0.384. The van der Waals surface area contributed by atoms with E-state index in [9.17, 15) is 14.9 Å². The summed E-state index contributed by atoms with van der Waals surface area (Å²) in [6.07, 6.45) is 0. The second-order valence-electron chi connectivity index (χ2n) is 8.61. The molecule has 4 aromatic rings. The van der Waals surface area contributed by atoms with Gasteiger partial charge < -0.3 is 20.1 Å². The van der Waals surface area contributed by atoms with Crippen LogP contribution in [0.5, 0.6) is 11.5 Å². The maximum Gasteiger partial charge on any atom is 0.319 e. The first-order valence-electron chi connectivity index (χ1n) is 12.0. The fraction of sp³-hybridized carbons (Fsp3) is 0.222. The summed E-state index contributed by atoms with van der Waals surface area (Å²) in [4.78, 5) is 23.6. The van der Waals surface area contributed by atoms with E-state index in [-0.39, 0.29) is 5.69 Å². The molecular weight excluding hydrogens is 520 g/mol. The number of nitrogens with one attached hydrogen (secondary N) is 2. The van der Waals surface area contributed by atoms with Gasteiger partial charge in [0.05, 0.1) is 30.9 Å². The summed E-state index contributed by atoms with van der Waals surface area (Å²) in [5.74, 6) is 2.15. The van der Waals surface area contributed by atoms with E-state index in [1.165, 1.54) is 31.0 Å². The number of carbonyl (C=O) groups is 1. The molecule has 0 fully saturated rings. The molecule has 2 amide bonds. The highest BCUT2D eigenvalue weighted by atomic mass is 32.2. The standard InChI is InChI=1S/C27H28N6O5S/c1-17-6-5-7-19(14-17)16-39-27-31-30-25(32(27)20-8-10-21(11-9-20)33(35)36)18(2)28-26(34)29-23-13-12-22(37-3)15-24(23)38-4/h5-15,18H,16H2,1-4H3,(H2,28,29,34). The fourth-order valence-electron chi connectivity index (χ4n) is 3.89. The van der Waals surface area contributed by atoms with Crippen LogP contribution in [-0.2, 0) is 5.75 Å². The van der Waals surface area contributed by atoms with Crippen molar-refractivity contribution in [3.63, 3.8) is 0 Å². The number of nitro groups is 1. The van der Waals surface area contributed by atoms with Crippen LogP contribution in [0.3, 0.4) is 0 Å². The van der Waals surface area contributed by atoms with Gasteiger partial charge in [0.25, 0.3) is 5.69 Å². The molecule has 202 valence electrons. The summed E-state index contributed by atoms with van der Waals surface area (Å²) in [7, 11) is 3.05. The van der Waals surface area contributed by atoms with Crippen molar-refractivity contribution in [3.8, 4) is 17.2 Å². The Kier molecular flexibility index (Phi) is 8.67. The highest BCUT2D eigenvalue weighted by Crippen LogP contribution is 2.30. The van der Waals surface area contributed by atoms with Crippen LogP contribution in [0.4, 0.5) is 16.2 Å². The predicted molar refractivity (Wildman–Crippen MR) is 149 cm³/mol. The quantitative estimate of drug-likeness (QED) is 0.147. The smallest absolute Gasteiger partial charge is 0.319 e. The number of aryl methyl sites for hydroxylation is 1. The Hall–Kier alpha value is -4.58. The summed E-state index contributed by atoms with van der Waals surface area (Å²) in [5, 5.41) is 26.2. The van der Waals surface area contributed by atoms with Crippen LogP contribution in [0.2, 0.25) is 0 Å². The number of hydrogen-bond donors (Lipinski definition) is 2. The number of nitro benzene ring substituents is 1. The van der Waals surface area contributed by atoms with Crippen molar-refractivity contribution in [2.45, 2.75) is 30.8 Å². The number of urea groups is 1. The Labute approximate surface area is 229 Å². The summed E-state index contributed by atoms with van der Waals surface area (Å²) < 4.78 is 12.4. The van der Waals surface area contributed by atoms with Gasteiger partial charge in [-0.1, -0.05) is 41.6 Å². The van der Waals surface area contributed by atoms with Gasteiger partial charge in [0, 0.05) is 29.6 Å². The molecule has 12 heteroatoms. The molecule has 0 bridgehead atoms. The first-order chi connectivity index (χ1) is 18.8. The first-order valence-corrected chi connectivity index (χ1v) is 13.0. The van der Waals surface area contributed by atoms with E-state index in [0.717, 1.165) is 11.1 Å². The number of aromatic nitrogens is 3. The van der Waals surface area contributed by atoms with E-state index in [1.54, 1.807) is 48.9 Å². The lowest BCUT2D eigenvalue weighted by atomic mass is 10.2. The maximum absolute atomic E-state index is 12.9. The highest BCUT2D eigenvalue weighted by Gasteiger charge is 2.22. The number of thioether (sulfide) groups is 1. The van der Waals surface area contributed by atoms with E-state index in [2.05, 4.69) is 26.9 Å². The Balaban J connectivity index is 1.59. The van der Waals surface area contributed by atoms with Crippen LogP contribution in [-0.4, -0.2) is 39.9 Å². The van der Waals surface area contributed by atoms with Gasteiger partial charge in [0.2, 0.25) is 0 Å². The first kappa shape index (κ1) is 27.5. The SMILES string of the molecule is COc1ccc(NC(=O)NC(C)c2nnc(SCc3cccc(C)c3)n2-c2ccc([N+](=O)[O-])cc2)c(OC)c1. The molecule has 0 aliphatic rings. The van der Waals surface area contributed by atoms with E-state index in [4.69, 9.17) is 9.47 Å². The van der Waals surface area contributed by atoms with Crippen LogP contribution in [0, 0.1) is 17.0 Å². The molecule has 0 saturated carbocycles. The number of benzene rings is 3. The number of methoxy groups -OCH3 is 2. The van der Waals surface area contributed by atoms with Crippen molar-refractivity contribution < 1.29 is 19.2 Å². The van der Waals surface area contributed by atoms with Gasteiger partial charge in [0.15, 0.2) is 11.0 Å². The van der Waals surface area contributed by atoms with Crippen molar-refractivity contribution in [3.05, 3.63) is 93.8 Å². The van der Waals surface area contributed by atoms with Crippen LogP contribution in [0.15, 0.2) is 71.9 Å². The van der Waals surface area contributed by atoms with Gasteiger partial charge >= 0.3 is 6.03 Å². The zero-order chi connectivity index (χ0) is 27.9. The Bertz CT molecular complexity index is 1470. The molecule has 1 aromatic heterocycles. The molecule has 2 N–H and O–H groups in total. The third kappa shape index (κ3) is 6.65. The molecule has 0 aliphatic carbocycles. The molecule has 39 heavy (non-hydrogen) atoms. The number of rotatable bonds is 10. The number of anilines is 1.